The molecule has 0 unspecified atom stereocenters. The summed E-state index contributed by atoms with van der Waals surface area (Å²) >= 11 is 6.16. The molecule has 0 aromatic heterocycles. The van der Waals surface area contributed by atoms with Crippen molar-refractivity contribution in [2.45, 2.75) is 6.54 Å². The minimum Gasteiger partial charge on any atom is -0.370 e. The molecule has 1 heterocycles. The van der Waals surface area contributed by atoms with Crippen molar-refractivity contribution in [3.8, 4) is 0 Å². The van der Waals surface area contributed by atoms with Gasteiger partial charge in [-0.1, -0.05) is 29.8 Å². The topological polar surface area (TPSA) is 49.4 Å². The Hall–Kier alpha value is -2.33. The lowest BCUT2D eigenvalue weighted by molar-refractivity contribution is -0.112. The van der Waals surface area contributed by atoms with Crippen LogP contribution in [0, 0.1) is 0 Å². The maximum Gasteiger partial charge on any atom is 0.296 e. The lowest BCUT2D eigenvalue weighted by atomic mass is 10.1. The number of rotatable bonds is 3. The smallest absolute Gasteiger partial charge is 0.296 e. The molecule has 1 aliphatic rings. The van der Waals surface area contributed by atoms with Crippen LogP contribution in [0.1, 0.15) is 15.9 Å². The van der Waals surface area contributed by atoms with Crippen LogP contribution >= 0.6 is 11.6 Å². The first kappa shape index (κ1) is 13.6. The molecule has 106 valence electrons. The second-order valence-electron chi connectivity index (χ2n) is 4.96. The average Bonchev–Trinajstić information content (AvgIpc) is 2.76. The third-order valence-electron chi connectivity index (χ3n) is 3.51. The monoisotopic (exact) mass is 300 g/mol. The molecule has 1 amide bonds. The first-order valence-electron chi connectivity index (χ1n) is 6.50. The standard InChI is InChI=1S/C16H13ClN2O2/c1-19(9-10-4-2-3-5-13(10)17)11-6-7-12-14(8-11)18-16(21)15(12)20/h2-8H,9H2,1H3,(H,18,20,21). The fourth-order valence-corrected chi connectivity index (χ4v) is 2.54. The number of ketones is 1. The molecule has 1 aliphatic heterocycles. The summed E-state index contributed by atoms with van der Waals surface area (Å²) in [4.78, 5) is 24.9. The van der Waals surface area contributed by atoms with E-state index in [1.807, 2.05) is 42.3 Å². The van der Waals surface area contributed by atoms with Crippen LogP contribution in [0.15, 0.2) is 42.5 Å². The van der Waals surface area contributed by atoms with E-state index >= 15 is 0 Å². The largest absolute Gasteiger partial charge is 0.370 e. The van der Waals surface area contributed by atoms with Crippen LogP contribution in [-0.4, -0.2) is 18.7 Å². The number of carbonyl (C=O) groups excluding carboxylic acids is 2. The van der Waals surface area contributed by atoms with Gasteiger partial charge in [0.15, 0.2) is 0 Å². The Morgan fingerprint density at radius 1 is 1.14 bits per heavy atom. The molecule has 1 N–H and O–H groups in total. The number of fused-ring (bicyclic) bond motifs is 1. The lowest BCUT2D eigenvalue weighted by Crippen LogP contribution is -2.16. The fraction of sp³-hybridized carbons (Fsp3) is 0.125. The Morgan fingerprint density at radius 3 is 2.67 bits per heavy atom. The Bertz CT molecular complexity index is 743. The highest BCUT2D eigenvalue weighted by atomic mass is 35.5. The first-order valence-corrected chi connectivity index (χ1v) is 6.88. The van der Waals surface area contributed by atoms with Gasteiger partial charge in [0.1, 0.15) is 0 Å². The van der Waals surface area contributed by atoms with E-state index in [-0.39, 0.29) is 0 Å². The van der Waals surface area contributed by atoms with Crippen LogP contribution in [-0.2, 0) is 11.3 Å². The summed E-state index contributed by atoms with van der Waals surface area (Å²) < 4.78 is 0. The van der Waals surface area contributed by atoms with Gasteiger partial charge in [-0.15, -0.1) is 0 Å². The third-order valence-corrected chi connectivity index (χ3v) is 3.88. The van der Waals surface area contributed by atoms with Gasteiger partial charge in [0.05, 0.1) is 11.3 Å². The summed E-state index contributed by atoms with van der Waals surface area (Å²) in [5.74, 6) is -1.05. The van der Waals surface area contributed by atoms with E-state index in [1.54, 1.807) is 12.1 Å². The van der Waals surface area contributed by atoms with E-state index in [0.29, 0.717) is 22.8 Å². The van der Waals surface area contributed by atoms with Crippen LogP contribution in [0.25, 0.3) is 0 Å². The molecule has 3 rings (SSSR count). The molecule has 5 heteroatoms. The SMILES string of the molecule is CN(Cc1ccccc1Cl)c1ccc2c(c1)NC(=O)C2=O. The number of anilines is 2. The number of hydrogen-bond acceptors (Lipinski definition) is 3. The molecule has 0 atom stereocenters. The maximum absolute atomic E-state index is 11.6. The molecule has 0 saturated carbocycles. The third kappa shape index (κ3) is 2.50. The summed E-state index contributed by atoms with van der Waals surface area (Å²) in [6.45, 7) is 0.639. The molecule has 21 heavy (non-hydrogen) atoms. The summed E-state index contributed by atoms with van der Waals surface area (Å²) in [5.41, 5.74) is 2.91. The van der Waals surface area contributed by atoms with E-state index in [9.17, 15) is 9.59 Å². The van der Waals surface area contributed by atoms with E-state index in [0.717, 1.165) is 11.3 Å². The molecule has 0 fully saturated rings. The van der Waals surface area contributed by atoms with Crippen molar-refractivity contribution in [2.24, 2.45) is 0 Å². The van der Waals surface area contributed by atoms with Gasteiger partial charge in [0, 0.05) is 24.3 Å². The normalized spacial score (nSPS) is 13.0. The second kappa shape index (κ2) is 5.22. The van der Waals surface area contributed by atoms with E-state index in [1.165, 1.54) is 0 Å². The Balaban J connectivity index is 1.85. The Labute approximate surface area is 127 Å². The Morgan fingerprint density at radius 2 is 1.90 bits per heavy atom. The molecular weight excluding hydrogens is 288 g/mol. The Kier molecular flexibility index (Phi) is 3.39. The van der Waals surface area contributed by atoms with Crippen LogP contribution < -0.4 is 10.2 Å². The molecule has 2 aromatic carbocycles. The van der Waals surface area contributed by atoms with Crippen molar-refractivity contribution >= 4 is 34.7 Å². The van der Waals surface area contributed by atoms with Gasteiger partial charge < -0.3 is 10.2 Å². The molecule has 0 saturated heterocycles. The molecular formula is C16H13ClN2O2. The number of carbonyl (C=O) groups is 2. The molecule has 4 nitrogen and oxygen atoms in total. The van der Waals surface area contributed by atoms with Crippen molar-refractivity contribution < 1.29 is 9.59 Å². The molecule has 0 aliphatic carbocycles. The number of nitrogens with zero attached hydrogens (tertiary/aromatic N) is 1. The maximum atomic E-state index is 11.6. The summed E-state index contributed by atoms with van der Waals surface area (Å²) in [5, 5.41) is 3.29. The van der Waals surface area contributed by atoms with E-state index in [2.05, 4.69) is 5.32 Å². The predicted molar refractivity (Wildman–Crippen MR) is 83.0 cm³/mol. The highest BCUT2D eigenvalue weighted by Gasteiger charge is 2.28. The highest BCUT2D eigenvalue weighted by Crippen LogP contribution is 2.29. The van der Waals surface area contributed by atoms with E-state index < -0.39 is 11.7 Å². The van der Waals surface area contributed by atoms with Crippen molar-refractivity contribution in [1.82, 2.24) is 0 Å². The first-order chi connectivity index (χ1) is 10.1. The predicted octanol–water partition coefficient (Wildman–Crippen LogP) is 3.11. The summed E-state index contributed by atoms with van der Waals surface area (Å²) in [7, 11) is 1.93. The van der Waals surface area contributed by atoms with Gasteiger partial charge in [-0.25, -0.2) is 0 Å². The van der Waals surface area contributed by atoms with Crippen molar-refractivity contribution in [2.75, 3.05) is 17.3 Å². The van der Waals surface area contributed by atoms with Gasteiger partial charge >= 0.3 is 0 Å². The van der Waals surface area contributed by atoms with Crippen molar-refractivity contribution in [3.05, 3.63) is 58.6 Å². The van der Waals surface area contributed by atoms with Gasteiger partial charge in [0.2, 0.25) is 0 Å². The molecule has 2 aromatic rings. The zero-order valence-corrected chi connectivity index (χ0v) is 12.1. The number of hydrogen-bond donors (Lipinski definition) is 1. The summed E-state index contributed by atoms with van der Waals surface area (Å²) in [6, 6.07) is 13.0. The number of benzene rings is 2. The zero-order valence-electron chi connectivity index (χ0n) is 11.4. The minimum atomic E-state index is -0.573. The second-order valence-corrected chi connectivity index (χ2v) is 5.37. The summed E-state index contributed by atoms with van der Waals surface area (Å²) in [6.07, 6.45) is 0. The van der Waals surface area contributed by atoms with Crippen LogP contribution in [0.4, 0.5) is 11.4 Å². The van der Waals surface area contributed by atoms with Gasteiger partial charge in [0.25, 0.3) is 11.7 Å². The number of Topliss-reactive ketones (excluding diaryl/α,β-unsaturated/α-hetero) is 1. The molecule has 0 spiro atoms. The molecule has 0 radical (unpaired) electrons. The average molecular weight is 301 g/mol. The fourth-order valence-electron chi connectivity index (χ4n) is 2.35. The van der Waals surface area contributed by atoms with Crippen LogP contribution in [0.2, 0.25) is 5.02 Å². The van der Waals surface area contributed by atoms with Gasteiger partial charge in [-0.05, 0) is 29.8 Å². The van der Waals surface area contributed by atoms with Crippen LogP contribution in [0.3, 0.4) is 0 Å². The van der Waals surface area contributed by atoms with Gasteiger partial charge in [-0.2, -0.15) is 0 Å². The van der Waals surface area contributed by atoms with E-state index in [4.69, 9.17) is 11.6 Å². The van der Waals surface area contributed by atoms with Crippen molar-refractivity contribution in [1.29, 1.82) is 0 Å². The number of amides is 1. The van der Waals surface area contributed by atoms with Gasteiger partial charge in [-0.3, -0.25) is 9.59 Å². The number of halogens is 1. The minimum absolute atomic E-state index is 0.426. The zero-order chi connectivity index (χ0) is 15.0. The number of nitrogens with one attached hydrogen (secondary N) is 1. The lowest BCUT2D eigenvalue weighted by Gasteiger charge is -2.20. The highest BCUT2D eigenvalue weighted by molar-refractivity contribution is 6.51. The molecule has 0 bridgehead atoms. The van der Waals surface area contributed by atoms with Crippen molar-refractivity contribution in [3.63, 3.8) is 0 Å². The quantitative estimate of drug-likeness (QED) is 0.886. The van der Waals surface area contributed by atoms with Crippen LogP contribution in [0.5, 0.6) is 0 Å².